The summed E-state index contributed by atoms with van der Waals surface area (Å²) in [6.07, 6.45) is 0. The molecule has 300 valence electrons. The van der Waals surface area contributed by atoms with Crippen molar-refractivity contribution in [1.82, 2.24) is 4.57 Å². The molecule has 2 heteroatoms. The fourth-order valence-electron chi connectivity index (χ4n) is 9.91. The second-order valence-electron chi connectivity index (χ2n) is 16.4. The zero-order valence-electron chi connectivity index (χ0n) is 35.1. The smallest absolute Gasteiger partial charge is 0.0547 e. The van der Waals surface area contributed by atoms with E-state index in [1.807, 2.05) is 0 Å². The van der Waals surface area contributed by atoms with Crippen LogP contribution in [0.3, 0.4) is 0 Å². The number of benzene rings is 11. The molecule has 11 aromatic carbocycles. The number of hydrogen-bond acceptors (Lipinski definition) is 1. The molecule has 0 N–H and O–H groups in total. The Morgan fingerprint density at radius 1 is 0.281 bits per heavy atom. The normalized spacial score (nSPS) is 11.4. The average molecular weight is 815 g/mol. The van der Waals surface area contributed by atoms with Crippen molar-refractivity contribution in [1.29, 1.82) is 0 Å². The molecule has 2 nitrogen and oxygen atoms in total. The number of anilines is 3. The number of rotatable bonds is 8. The topological polar surface area (TPSA) is 8.17 Å². The molecular weight excluding hydrogens is 773 g/mol. The second kappa shape index (κ2) is 15.8. The molecule has 0 aliphatic rings. The highest BCUT2D eigenvalue weighted by atomic mass is 15.1. The fraction of sp³-hybridized carbons (Fsp3) is 0. The van der Waals surface area contributed by atoms with E-state index in [2.05, 4.69) is 264 Å². The van der Waals surface area contributed by atoms with Gasteiger partial charge in [-0.3, -0.25) is 0 Å². The van der Waals surface area contributed by atoms with Crippen LogP contribution in [0.25, 0.3) is 93.5 Å². The average Bonchev–Trinajstić information content (AvgIpc) is 3.72. The van der Waals surface area contributed by atoms with Crippen LogP contribution in [0.1, 0.15) is 0 Å². The van der Waals surface area contributed by atoms with Crippen LogP contribution < -0.4 is 4.90 Å². The molecular formula is C62H42N2. The van der Waals surface area contributed by atoms with Gasteiger partial charge in [-0.1, -0.05) is 200 Å². The molecule has 0 aliphatic heterocycles. The van der Waals surface area contributed by atoms with Gasteiger partial charge in [0.25, 0.3) is 0 Å². The number of hydrogen-bond donors (Lipinski definition) is 0. The summed E-state index contributed by atoms with van der Waals surface area (Å²) in [5.74, 6) is 0. The van der Waals surface area contributed by atoms with E-state index >= 15 is 0 Å². The molecule has 0 fully saturated rings. The molecule has 0 aliphatic carbocycles. The molecule has 1 heterocycles. The molecule has 0 saturated heterocycles. The van der Waals surface area contributed by atoms with Crippen molar-refractivity contribution >= 4 is 60.4 Å². The first-order valence-electron chi connectivity index (χ1n) is 22.0. The summed E-state index contributed by atoms with van der Waals surface area (Å²) in [5.41, 5.74) is 16.4. The second-order valence-corrected chi connectivity index (χ2v) is 16.4. The van der Waals surface area contributed by atoms with E-state index in [0.717, 1.165) is 28.3 Å². The molecule has 0 atom stereocenters. The molecule has 12 aromatic rings. The Kier molecular flexibility index (Phi) is 9.20. The molecule has 1 aromatic heterocycles. The van der Waals surface area contributed by atoms with Gasteiger partial charge in [-0.05, 0) is 115 Å². The molecule has 0 spiro atoms. The molecule has 12 rings (SSSR count). The van der Waals surface area contributed by atoms with Gasteiger partial charge in [-0.2, -0.15) is 0 Å². The third kappa shape index (κ3) is 6.35. The summed E-state index contributed by atoms with van der Waals surface area (Å²) < 4.78 is 2.40. The van der Waals surface area contributed by atoms with Crippen molar-refractivity contribution in [3.8, 4) is 50.2 Å². The molecule has 0 saturated carbocycles. The summed E-state index contributed by atoms with van der Waals surface area (Å²) in [6.45, 7) is 0. The van der Waals surface area contributed by atoms with Crippen LogP contribution in [0, 0.1) is 0 Å². The zero-order chi connectivity index (χ0) is 42.4. The summed E-state index contributed by atoms with van der Waals surface area (Å²) in [4.78, 5) is 2.43. The van der Waals surface area contributed by atoms with Gasteiger partial charge >= 0.3 is 0 Å². The predicted molar refractivity (Wildman–Crippen MR) is 272 cm³/mol. The maximum Gasteiger partial charge on any atom is 0.0547 e. The van der Waals surface area contributed by atoms with Crippen LogP contribution >= 0.6 is 0 Å². The maximum atomic E-state index is 2.43. The highest BCUT2D eigenvalue weighted by Crippen LogP contribution is 2.47. The number of nitrogens with zero attached hydrogens (tertiary/aromatic N) is 2. The Bertz CT molecular complexity index is 3640. The van der Waals surface area contributed by atoms with Crippen molar-refractivity contribution in [2.75, 3.05) is 4.90 Å². The first-order valence-corrected chi connectivity index (χ1v) is 22.0. The van der Waals surface area contributed by atoms with Crippen LogP contribution in [-0.4, -0.2) is 4.57 Å². The van der Waals surface area contributed by atoms with E-state index in [0.29, 0.717) is 0 Å². The van der Waals surface area contributed by atoms with E-state index in [1.165, 1.54) is 82.3 Å². The van der Waals surface area contributed by atoms with Gasteiger partial charge in [0, 0.05) is 33.4 Å². The number of para-hydroxylation sites is 3. The first kappa shape index (κ1) is 37.3. The lowest BCUT2D eigenvalue weighted by Crippen LogP contribution is -2.11. The maximum absolute atomic E-state index is 2.43. The highest BCUT2D eigenvalue weighted by molar-refractivity contribution is 6.17. The van der Waals surface area contributed by atoms with Crippen LogP contribution in [0.2, 0.25) is 0 Å². The lowest BCUT2D eigenvalue weighted by atomic mass is 9.89. The highest BCUT2D eigenvalue weighted by Gasteiger charge is 2.22. The molecule has 0 amide bonds. The van der Waals surface area contributed by atoms with Crippen molar-refractivity contribution in [2.24, 2.45) is 0 Å². The molecule has 0 bridgehead atoms. The van der Waals surface area contributed by atoms with Gasteiger partial charge in [0.1, 0.15) is 0 Å². The summed E-state index contributed by atoms with van der Waals surface area (Å²) >= 11 is 0. The van der Waals surface area contributed by atoms with Crippen LogP contribution in [0.15, 0.2) is 255 Å². The minimum atomic E-state index is 1.08. The third-order valence-electron chi connectivity index (χ3n) is 12.8. The van der Waals surface area contributed by atoms with Crippen molar-refractivity contribution in [3.05, 3.63) is 255 Å². The Labute approximate surface area is 373 Å². The van der Waals surface area contributed by atoms with Gasteiger partial charge in [-0.25, -0.2) is 0 Å². The van der Waals surface area contributed by atoms with Gasteiger partial charge in [0.05, 0.1) is 16.7 Å². The zero-order valence-corrected chi connectivity index (χ0v) is 35.1. The standard InChI is InChI=1S/C62H42N2/c1-3-19-47(20-4-1)61-53-25-10-8-18-44(53)37-42-54(61)46-35-40-50(41-36-46)63(49-38-33-45(34-39-49)52-28-15-21-43-17-7-9-24-51(43)52)58-30-13-11-26-55(58)56-29-16-32-60-62(56)57-27-12-14-31-59(57)64(60)48-22-5-2-6-23-48/h1-42H. The fourth-order valence-corrected chi connectivity index (χ4v) is 9.91. The summed E-state index contributed by atoms with van der Waals surface area (Å²) in [5, 5.41) is 7.44. The lowest BCUT2D eigenvalue weighted by Gasteiger charge is -2.28. The Hall–Kier alpha value is -8.46. The molecule has 0 unspecified atom stereocenters. The summed E-state index contributed by atoms with van der Waals surface area (Å²) in [7, 11) is 0. The van der Waals surface area contributed by atoms with E-state index in [4.69, 9.17) is 0 Å². The van der Waals surface area contributed by atoms with Gasteiger partial charge in [-0.15, -0.1) is 0 Å². The SMILES string of the molecule is c1ccc(-c2c(-c3ccc(N(c4ccc(-c5cccc6ccccc56)cc4)c4ccccc4-c4cccc5c4c4ccccc4n5-c4ccccc4)cc3)ccc3ccccc23)cc1. The van der Waals surface area contributed by atoms with Gasteiger partial charge in [0.2, 0.25) is 0 Å². The monoisotopic (exact) mass is 814 g/mol. The van der Waals surface area contributed by atoms with Crippen molar-refractivity contribution < 1.29 is 0 Å². The Morgan fingerprint density at radius 3 is 1.55 bits per heavy atom. The largest absolute Gasteiger partial charge is 0.310 e. The van der Waals surface area contributed by atoms with E-state index in [1.54, 1.807) is 0 Å². The quantitative estimate of drug-likeness (QED) is 0.148. The number of aromatic nitrogens is 1. The molecule has 64 heavy (non-hydrogen) atoms. The van der Waals surface area contributed by atoms with Crippen molar-refractivity contribution in [2.45, 2.75) is 0 Å². The van der Waals surface area contributed by atoms with Crippen LogP contribution in [0.5, 0.6) is 0 Å². The Balaban J connectivity index is 1.05. The minimum absolute atomic E-state index is 1.08. The summed E-state index contributed by atoms with van der Waals surface area (Å²) in [6, 6.07) is 92.7. The van der Waals surface area contributed by atoms with E-state index < -0.39 is 0 Å². The van der Waals surface area contributed by atoms with E-state index in [-0.39, 0.29) is 0 Å². The lowest BCUT2D eigenvalue weighted by molar-refractivity contribution is 1.18. The minimum Gasteiger partial charge on any atom is -0.310 e. The van der Waals surface area contributed by atoms with E-state index in [9.17, 15) is 0 Å². The third-order valence-corrected chi connectivity index (χ3v) is 12.8. The molecule has 0 radical (unpaired) electrons. The van der Waals surface area contributed by atoms with Crippen LogP contribution in [0.4, 0.5) is 17.1 Å². The van der Waals surface area contributed by atoms with Gasteiger partial charge in [0.15, 0.2) is 0 Å². The first-order chi connectivity index (χ1) is 31.8. The van der Waals surface area contributed by atoms with Gasteiger partial charge < -0.3 is 9.47 Å². The number of fused-ring (bicyclic) bond motifs is 5. The Morgan fingerprint density at radius 2 is 0.797 bits per heavy atom. The predicted octanol–water partition coefficient (Wildman–Crippen LogP) is 17.2. The van der Waals surface area contributed by atoms with Crippen LogP contribution in [-0.2, 0) is 0 Å². The van der Waals surface area contributed by atoms with Crippen molar-refractivity contribution in [3.63, 3.8) is 0 Å².